The molecule has 0 radical (unpaired) electrons. The largest absolute Gasteiger partial charge is 0.337 e. The van der Waals surface area contributed by atoms with Gasteiger partial charge in [-0.1, -0.05) is 36.4 Å². The lowest BCUT2D eigenvalue weighted by molar-refractivity contribution is 0.0785. The molecule has 118 valence electrons. The molecule has 0 saturated carbocycles. The Hall–Kier alpha value is -2.94. The zero-order valence-corrected chi connectivity index (χ0v) is 13.6. The number of aromatic nitrogens is 1. The first kappa shape index (κ1) is 14.6. The number of carbonyl (C=O) groups excluding carboxylic acids is 1. The third kappa shape index (κ3) is 2.58. The van der Waals surface area contributed by atoms with Crippen molar-refractivity contribution >= 4 is 5.91 Å². The van der Waals surface area contributed by atoms with E-state index in [1.54, 1.807) is 17.3 Å². The molecule has 1 aliphatic carbocycles. The highest BCUT2D eigenvalue weighted by Crippen LogP contribution is 2.36. The smallest absolute Gasteiger partial charge is 0.253 e. The van der Waals surface area contributed by atoms with Crippen LogP contribution in [0.2, 0.25) is 0 Å². The van der Waals surface area contributed by atoms with Crippen molar-refractivity contribution in [3.63, 3.8) is 0 Å². The first-order valence-corrected chi connectivity index (χ1v) is 8.08. The minimum Gasteiger partial charge on any atom is -0.337 e. The van der Waals surface area contributed by atoms with Crippen LogP contribution < -0.4 is 0 Å². The van der Waals surface area contributed by atoms with E-state index in [2.05, 4.69) is 35.3 Å². The molecule has 0 unspecified atom stereocenters. The van der Waals surface area contributed by atoms with Crippen LogP contribution in [0.1, 0.15) is 27.0 Å². The number of hydrogen-bond donors (Lipinski definition) is 0. The minimum absolute atomic E-state index is 0.0334. The molecule has 0 bridgehead atoms. The Kier molecular flexibility index (Phi) is 3.62. The van der Waals surface area contributed by atoms with Crippen molar-refractivity contribution in [2.24, 2.45) is 0 Å². The number of hydrogen-bond acceptors (Lipinski definition) is 2. The number of amides is 1. The molecule has 0 N–H and O–H groups in total. The number of pyridine rings is 1. The minimum atomic E-state index is 0.0334. The van der Waals surface area contributed by atoms with E-state index in [1.807, 2.05) is 31.3 Å². The van der Waals surface area contributed by atoms with Crippen LogP contribution >= 0.6 is 0 Å². The maximum Gasteiger partial charge on any atom is 0.253 e. The molecule has 3 heteroatoms. The summed E-state index contributed by atoms with van der Waals surface area (Å²) in [5, 5.41) is 0. The standard InChI is InChI=1S/C21H18N2O/c1-23(14-15-5-4-10-22-13-15)21(24)18-9-8-17-11-16-6-2-3-7-19(16)20(17)12-18/h2-10,12-13H,11,14H2,1H3. The van der Waals surface area contributed by atoms with Gasteiger partial charge in [-0.2, -0.15) is 0 Å². The molecule has 3 nitrogen and oxygen atoms in total. The summed E-state index contributed by atoms with van der Waals surface area (Å²) < 4.78 is 0. The molecule has 0 atom stereocenters. The van der Waals surface area contributed by atoms with E-state index in [0.29, 0.717) is 6.54 Å². The molecule has 0 aliphatic heterocycles. The van der Waals surface area contributed by atoms with E-state index in [-0.39, 0.29) is 5.91 Å². The van der Waals surface area contributed by atoms with Crippen LogP contribution in [0.25, 0.3) is 11.1 Å². The maximum absolute atomic E-state index is 12.8. The molecule has 0 fully saturated rings. The summed E-state index contributed by atoms with van der Waals surface area (Å²) in [5.74, 6) is 0.0334. The first-order chi connectivity index (χ1) is 11.7. The van der Waals surface area contributed by atoms with Crippen LogP contribution in [-0.4, -0.2) is 22.8 Å². The Morgan fingerprint density at radius 2 is 1.88 bits per heavy atom. The fourth-order valence-electron chi connectivity index (χ4n) is 3.31. The van der Waals surface area contributed by atoms with E-state index in [1.165, 1.54) is 22.3 Å². The van der Waals surface area contributed by atoms with Gasteiger partial charge in [0.25, 0.3) is 5.91 Å². The molecule has 0 saturated heterocycles. The van der Waals surface area contributed by atoms with Gasteiger partial charge < -0.3 is 4.90 Å². The second-order valence-corrected chi connectivity index (χ2v) is 6.23. The van der Waals surface area contributed by atoms with Crippen molar-refractivity contribution in [3.8, 4) is 11.1 Å². The van der Waals surface area contributed by atoms with Crippen LogP contribution in [0.3, 0.4) is 0 Å². The molecule has 2 aromatic carbocycles. The molecule has 24 heavy (non-hydrogen) atoms. The summed E-state index contributed by atoms with van der Waals surface area (Å²) in [4.78, 5) is 18.6. The third-order valence-electron chi connectivity index (χ3n) is 4.53. The van der Waals surface area contributed by atoms with Gasteiger partial charge in [0.2, 0.25) is 0 Å². The Labute approximate surface area is 141 Å². The van der Waals surface area contributed by atoms with Gasteiger partial charge in [0.1, 0.15) is 0 Å². The molecule has 1 aliphatic rings. The van der Waals surface area contributed by atoms with Crippen molar-refractivity contribution in [3.05, 3.63) is 89.2 Å². The lowest BCUT2D eigenvalue weighted by Gasteiger charge is -2.17. The molecular weight excluding hydrogens is 296 g/mol. The number of rotatable bonds is 3. The highest BCUT2D eigenvalue weighted by atomic mass is 16.2. The molecule has 1 heterocycles. The van der Waals surface area contributed by atoms with Gasteiger partial charge in [-0.15, -0.1) is 0 Å². The zero-order valence-electron chi connectivity index (χ0n) is 13.6. The van der Waals surface area contributed by atoms with Gasteiger partial charge in [-0.25, -0.2) is 0 Å². The van der Waals surface area contributed by atoms with Gasteiger partial charge in [0, 0.05) is 31.5 Å². The lowest BCUT2D eigenvalue weighted by Crippen LogP contribution is -2.26. The van der Waals surface area contributed by atoms with Crippen molar-refractivity contribution in [1.29, 1.82) is 0 Å². The molecule has 3 aromatic rings. The zero-order chi connectivity index (χ0) is 16.5. The van der Waals surface area contributed by atoms with Crippen LogP contribution in [0.4, 0.5) is 0 Å². The van der Waals surface area contributed by atoms with Crippen LogP contribution in [-0.2, 0) is 13.0 Å². The van der Waals surface area contributed by atoms with Crippen molar-refractivity contribution in [2.45, 2.75) is 13.0 Å². The highest BCUT2D eigenvalue weighted by Gasteiger charge is 2.20. The van der Waals surface area contributed by atoms with Crippen molar-refractivity contribution in [2.75, 3.05) is 7.05 Å². The monoisotopic (exact) mass is 314 g/mol. The van der Waals surface area contributed by atoms with E-state index >= 15 is 0 Å². The topological polar surface area (TPSA) is 33.2 Å². The maximum atomic E-state index is 12.8. The average molecular weight is 314 g/mol. The van der Waals surface area contributed by atoms with Gasteiger partial charge >= 0.3 is 0 Å². The average Bonchev–Trinajstić information content (AvgIpc) is 2.99. The Bertz CT molecular complexity index is 903. The number of fused-ring (bicyclic) bond motifs is 3. The second-order valence-electron chi connectivity index (χ2n) is 6.23. The normalized spacial score (nSPS) is 11.7. The van der Waals surface area contributed by atoms with Crippen molar-refractivity contribution < 1.29 is 4.79 Å². The summed E-state index contributed by atoms with van der Waals surface area (Å²) >= 11 is 0. The summed E-state index contributed by atoms with van der Waals surface area (Å²) in [6.45, 7) is 0.556. The van der Waals surface area contributed by atoms with E-state index < -0.39 is 0 Å². The fraction of sp³-hybridized carbons (Fsp3) is 0.143. The molecular formula is C21H18N2O. The molecule has 0 spiro atoms. The quantitative estimate of drug-likeness (QED) is 0.574. The summed E-state index contributed by atoms with van der Waals surface area (Å²) in [5.41, 5.74) is 6.82. The second kappa shape index (κ2) is 5.93. The van der Waals surface area contributed by atoms with E-state index in [0.717, 1.165) is 17.5 Å². The number of carbonyl (C=O) groups is 1. The number of nitrogens with zero attached hydrogens (tertiary/aromatic N) is 2. The number of benzene rings is 2. The molecule has 1 aromatic heterocycles. The van der Waals surface area contributed by atoms with E-state index in [9.17, 15) is 4.79 Å². The van der Waals surface area contributed by atoms with Crippen molar-refractivity contribution in [1.82, 2.24) is 9.88 Å². The molecule has 4 rings (SSSR count). The SMILES string of the molecule is CN(Cc1cccnc1)C(=O)c1ccc2c(c1)-c1ccccc1C2. The summed E-state index contributed by atoms with van der Waals surface area (Å²) in [6.07, 6.45) is 4.48. The highest BCUT2D eigenvalue weighted by molar-refractivity contribution is 5.96. The van der Waals surface area contributed by atoms with Crippen LogP contribution in [0.15, 0.2) is 67.0 Å². The predicted molar refractivity (Wildman–Crippen MR) is 94.7 cm³/mol. The Morgan fingerprint density at radius 1 is 1.04 bits per heavy atom. The van der Waals surface area contributed by atoms with E-state index in [4.69, 9.17) is 0 Å². The van der Waals surface area contributed by atoms with Gasteiger partial charge in [0.05, 0.1) is 0 Å². The van der Waals surface area contributed by atoms with Gasteiger partial charge in [0.15, 0.2) is 0 Å². The third-order valence-corrected chi connectivity index (χ3v) is 4.53. The predicted octanol–water partition coefficient (Wildman–Crippen LogP) is 3.93. The lowest BCUT2D eigenvalue weighted by atomic mass is 10.0. The first-order valence-electron chi connectivity index (χ1n) is 8.08. The molecule has 1 amide bonds. The summed E-state index contributed by atoms with van der Waals surface area (Å²) in [7, 11) is 1.83. The summed E-state index contributed by atoms with van der Waals surface area (Å²) in [6, 6.07) is 18.3. The van der Waals surface area contributed by atoms with Crippen LogP contribution in [0, 0.1) is 0 Å². The Balaban J connectivity index is 1.61. The van der Waals surface area contributed by atoms with Gasteiger partial charge in [-0.3, -0.25) is 9.78 Å². The van der Waals surface area contributed by atoms with Gasteiger partial charge in [-0.05, 0) is 52.4 Å². The fourth-order valence-corrected chi connectivity index (χ4v) is 3.31. The van der Waals surface area contributed by atoms with Crippen LogP contribution in [0.5, 0.6) is 0 Å². The Morgan fingerprint density at radius 3 is 2.71 bits per heavy atom.